The van der Waals surface area contributed by atoms with E-state index in [9.17, 15) is 0 Å². The van der Waals surface area contributed by atoms with E-state index in [0.717, 1.165) is 34.2 Å². The zero-order valence-electron chi connectivity index (χ0n) is 27.9. The van der Waals surface area contributed by atoms with Crippen molar-refractivity contribution in [3.63, 3.8) is 0 Å². The molecule has 1 aliphatic heterocycles. The highest BCUT2D eigenvalue weighted by Gasteiger charge is 2.41. The van der Waals surface area contributed by atoms with E-state index in [4.69, 9.17) is 0 Å². The van der Waals surface area contributed by atoms with E-state index in [1.54, 1.807) is 12.8 Å². The van der Waals surface area contributed by atoms with Gasteiger partial charge in [0.25, 0.3) is 0 Å². The average molecular weight is 603 g/mol. The Bertz CT molecular complexity index is 723. The summed E-state index contributed by atoms with van der Waals surface area (Å²) in [5.41, 5.74) is 2.32. The zero-order valence-corrected chi connectivity index (χ0v) is 29.6. The highest BCUT2D eigenvalue weighted by Crippen LogP contribution is 2.52. The van der Waals surface area contributed by atoms with Gasteiger partial charge in [0.2, 0.25) is 0 Å². The molecule has 238 valence electrons. The van der Waals surface area contributed by atoms with Gasteiger partial charge in [0, 0.05) is 10.5 Å². The zero-order chi connectivity index (χ0) is 28.8. The molecule has 0 amide bonds. The third-order valence-electron chi connectivity index (χ3n) is 12.5. The van der Waals surface area contributed by atoms with Crippen molar-refractivity contribution in [1.82, 2.24) is 0 Å². The summed E-state index contributed by atoms with van der Waals surface area (Å²) >= 11 is 4.75. The molecule has 3 fully saturated rings. The maximum atomic E-state index is 2.82. The van der Waals surface area contributed by atoms with Crippen molar-refractivity contribution in [3.05, 3.63) is 11.6 Å². The summed E-state index contributed by atoms with van der Waals surface area (Å²) in [6.07, 6.45) is 39.6. The first-order chi connectivity index (χ1) is 20.1. The second-order valence-electron chi connectivity index (χ2n) is 15.2. The Labute approximate surface area is 266 Å². The monoisotopic (exact) mass is 602 g/mol. The lowest BCUT2D eigenvalue weighted by Gasteiger charge is -2.41. The Balaban J connectivity index is 1.44. The van der Waals surface area contributed by atoms with Gasteiger partial charge in [-0.1, -0.05) is 116 Å². The highest BCUT2D eigenvalue weighted by atomic mass is 32.2. The smallest absolute Gasteiger partial charge is 0.00575 e. The summed E-state index contributed by atoms with van der Waals surface area (Å²) in [4.78, 5) is 0. The molecule has 3 saturated carbocycles. The fraction of sp³-hybridized carbons (Fsp3) is 0.949. The van der Waals surface area contributed by atoms with Crippen LogP contribution in [0.3, 0.4) is 0 Å². The Morgan fingerprint density at radius 2 is 1.27 bits per heavy atom. The van der Waals surface area contributed by atoms with Crippen LogP contribution in [0.4, 0.5) is 0 Å². The van der Waals surface area contributed by atoms with Gasteiger partial charge in [-0.25, -0.2) is 0 Å². The van der Waals surface area contributed by atoms with Gasteiger partial charge in [-0.3, -0.25) is 0 Å². The van der Waals surface area contributed by atoms with E-state index in [-0.39, 0.29) is 0 Å². The van der Waals surface area contributed by atoms with Crippen LogP contribution < -0.4 is 0 Å². The van der Waals surface area contributed by atoms with Gasteiger partial charge in [0.1, 0.15) is 0 Å². The molecule has 0 radical (unpaired) electrons. The molecule has 3 aliphatic carbocycles. The summed E-state index contributed by atoms with van der Waals surface area (Å²) in [6, 6.07) is 0. The first kappa shape index (κ1) is 34.3. The molecular formula is C39H70S2. The second-order valence-corrected chi connectivity index (χ2v) is 18.0. The minimum absolute atomic E-state index is 0.427. The molecule has 0 aromatic rings. The number of allylic oxidation sites excluding steroid dienone is 2. The van der Waals surface area contributed by atoms with Crippen molar-refractivity contribution in [2.45, 2.75) is 192 Å². The largest absolute Gasteiger partial charge is 0.159 e. The number of hydrogen-bond acceptors (Lipinski definition) is 2. The molecule has 0 spiro atoms. The second kappa shape index (κ2) is 19.1. The maximum absolute atomic E-state index is 2.82. The first-order valence-corrected chi connectivity index (χ1v) is 21.1. The third kappa shape index (κ3) is 11.1. The summed E-state index contributed by atoms with van der Waals surface area (Å²) in [7, 11) is 0. The quantitative estimate of drug-likeness (QED) is 0.227. The van der Waals surface area contributed by atoms with E-state index >= 15 is 0 Å². The fourth-order valence-corrected chi connectivity index (χ4v) is 12.4. The van der Waals surface area contributed by atoms with Gasteiger partial charge in [-0.05, 0) is 118 Å². The summed E-state index contributed by atoms with van der Waals surface area (Å²) < 4.78 is 0. The van der Waals surface area contributed by atoms with Crippen LogP contribution in [0.1, 0.15) is 181 Å². The maximum Gasteiger partial charge on any atom is 0.00575 e. The Morgan fingerprint density at radius 1 is 0.634 bits per heavy atom. The van der Waals surface area contributed by atoms with Crippen molar-refractivity contribution in [2.75, 3.05) is 11.5 Å². The van der Waals surface area contributed by atoms with Crippen molar-refractivity contribution >= 4 is 23.5 Å². The van der Waals surface area contributed by atoms with Crippen molar-refractivity contribution in [2.24, 2.45) is 29.1 Å². The summed E-state index contributed by atoms with van der Waals surface area (Å²) in [6.45, 7) is 7.77. The predicted molar refractivity (Wildman–Crippen MR) is 189 cm³/mol. The number of thioether (sulfide) groups is 2. The molecular weight excluding hydrogens is 533 g/mol. The van der Waals surface area contributed by atoms with Gasteiger partial charge in [0.05, 0.1) is 0 Å². The topological polar surface area (TPSA) is 0 Å². The van der Waals surface area contributed by atoms with Crippen LogP contribution >= 0.6 is 23.5 Å². The van der Waals surface area contributed by atoms with Crippen LogP contribution in [0.5, 0.6) is 0 Å². The van der Waals surface area contributed by atoms with E-state index in [1.165, 1.54) is 159 Å². The molecule has 41 heavy (non-hydrogen) atoms. The van der Waals surface area contributed by atoms with Crippen LogP contribution in [0.15, 0.2) is 11.6 Å². The van der Waals surface area contributed by atoms with Crippen molar-refractivity contribution < 1.29 is 0 Å². The lowest BCUT2D eigenvalue weighted by molar-refractivity contribution is 0.156. The molecule has 6 unspecified atom stereocenters. The van der Waals surface area contributed by atoms with Gasteiger partial charge < -0.3 is 0 Å². The molecule has 6 atom stereocenters. The molecule has 0 N–H and O–H groups in total. The molecule has 0 nitrogen and oxygen atoms in total. The summed E-state index contributed by atoms with van der Waals surface area (Å²) in [5.74, 6) is 6.77. The van der Waals surface area contributed by atoms with Crippen LogP contribution in [0, 0.1) is 29.1 Å². The van der Waals surface area contributed by atoms with E-state index in [0.29, 0.717) is 5.41 Å². The fourth-order valence-electron chi connectivity index (χ4n) is 9.46. The van der Waals surface area contributed by atoms with Crippen LogP contribution in [0.2, 0.25) is 0 Å². The van der Waals surface area contributed by atoms with Gasteiger partial charge >= 0.3 is 0 Å². The molecule has 4 rings (SSSR count). The van der Waals surface area contributed by atoms with Crippen LogP contribution in [-0.2, 0) is 0 Å². The average Bonchev–Trinajstić information content (AvgIpc) is 3.41. The molecule has 0 saturated heterocycles. The molecule has 0 aromatic heterocycles. The Morgan fingerprint density at radius 3 is 1.95 bits per heavy atom. The first-order valence-electron chi connectivity index (χ1n) is 19.0. The number of fused-ring (bicyclic) bond motifs is 2. The van der Waals surface area contributed by atoms with E-state index in [2.05, 4.69) is 50.4 Å². The van der Waals surface area contributed by atoms with E-state index < -0.39 is 0 Å². The van der Waals surface area contributed by atoms with Gasteiger partial charge in [0.15, 0.2) is 0 Å². The van der Waals surface area contributed by atoms with Crippen molar-refractivity contribution in [3.8, 4) is 0 Å². The normalized spacial score (nSPS) is 36.0. The summed E-state index contributed by atoms with van der Waals surface area (Å²) in [5, 5.41) is 1.85. The molecule has 0 aromatic carbocycles. The SMILES string of the molecule is CCC1CCC(C(C)(CC)/C2=C/CCCSC3CCCCCCCCC(C3)SCCCCC2)CC(C2CCCC2)C1. The molecule has 2 bridgehead atoms. The molecule has 2 heteroatoms. The third-order valence-corrected chi connectivity index (χ3v) is 15.4. The van der Waals surface area contributed by atoms with Gasteiger partial charge in [-0.2, -0.15) is 23.5 Å². The minimum atomic E-state index is 0.427. The lowest BCUT2D eigenvalue weighted by atomic mass is 9.63. The predicted octanol–water partition coefficient (Wildman–Crippen LogP) is 13.4. The number of hydrogen-bond donors (Lipinski definition) is 0. The van der Waals surface area contributed by atoms with Crippen LogP contribution in [0.25, 0.3) is 0 Å². The van der Waals surface area contributed by atoms with Crippen molar-refractivity contribution in [1.29, 1.82) is 0 Å². The minimum Gasteiger partial charge on any atom is -0.159 e. The lowest BCUT2D eigenvalue weighted by Crippen LogP contribution is -2.31. The van der Waals surface area contributed by atoms with Gasteiger partial charge in [-0.15, -0.1) is 0 Å². The highest BCUT2D eigenvalue weighted by molar-refractivity contribution is 8.00. The standard InChI is InChI=1S/C39H70S2/c1-4-32-25-26-36(30-34(29-32)33-19-14-15-20-33)39(3,5-2)35-21-11-10-17-27-40-37-23-12-8-6-7-9-13-24-38(31-37)41-28-18-16-22-35/h22,32-34,36-38H,4-21,23-31H2,1-3H3/b35-22+. The Hall–Kier alpha value is 0.440. The Kier molecular flexibility index (Phi) is 16.0. The van der Waals surface area contributed by atoms with E-state index in [1.807, 2.05) is 5.57 Å². The van der Waals surface area contributed by atoms with Crippen LogP contribution in [-0.4, -0.2) is 22.0 Å². The molecule has 4 aliphatic rings. The number of rotatable bonds is 5. The molecule has 1 heterocycles.